The topological polar surface area (TPSA) is 65.6 Å². The first-order valence-corrected chi connectivity index (χ1v) is 11.9. The molecule has 1 aromatic carbocycles. The van der Waals surface area contributed by atoms with Crippen LogP contribution in [0.4, 0.5) is 4.39 Å². The molecule has 0 spiro atoms. The number of rotatable bonds is 9. The van der Waals surface area contributed by atoms with Crippen LogP contribution in [0.15, 0.2) is 60.0 Å². The predicted octanol–water partition coefficient (Wildman–Crippen LogP) is 5.33. The highest BCUT2D eigenvalue weighted by Crippen LogP contribution is 2.26. The monoisotopic (exact) mass is 463 g/mol. The maximum Gasteiger partial charge on any atom is 0.191 e. The van der Waals surface area contributed by atoms with Crippen molar-refractivity contribution in [3.05, 3.63) is 83.2 Å². The number of aryl methyl sites for hydroxylation is 1. The Bertz CT molecular complexity index is 1250. The highest BCUT2D eigenvalue weighted by atomic mass is 32.2. The highest BCUT2D eigenvalue weighted by molar-refractivity contribution is 7.99. The third-order valence-corrected chi connectivity index (χ3v) is 6.53. The van der Waals surface area contributed by atoms with Gasteiger partial charge in [-0.25, -0.2) is 4.39 Å². The summed E-state index contributed by atoms with van der Waals surface area (Å²) in [6.07, 6.45) is 4.40. The van der Waals surface area contributed by atoms with Gasteiger partial charge in [0.1, 0.15) is 5.82 Å². The average molecular weight is 464 g/mol. The van der Waals surface area contributed by atoms with E-state index in [1.54, 1.807) is 24.5 Å². The molecule has 4 rings (SSSR count). The van der Waals surface area contributed by atoms with Gasteiger partial charge >= 0.3 is 0 Å². The second-order valence-electron chi connectivity index (χ2n) is 7.90. The number of aromatic nitrogens is 5. The number of carbonyl (C=O) groups is 1. The molecular formula is C25H26FN5OS. The van der Waals surface area contributed by atoms with Crippen LogP contribution < -0.4 is 0 Å². The van der Waals surface area contributed by atoms with Crippen molar-refractivity contribution < 1.29 is 9.18 Å². The molecular weight excluding hydrogens is 437 g/mol. The van der Waals surface area contributed by atoms with Crippen LogP contribution in [0.2, 0.25) is 0 Å². The Labute approximate surface area is 196 Å². The van der Waals surface area contributed by atoms with E-state index in [0.29, 0.717) is 12.1 Å². The van der Waals surface area contributed by atoms with Gasteiger partial charge < -0.3 is 9.13 Å². The van der Waals surface area contributed by atoms with Gasteiger partial charge in [-0.15, -0.1) is 10.2 Å². The van der Waals surface area contributed by atoms with Gasteiger partial charge in [0.2, 0.25) is 0 Å². The second kappa shape index (κ2) is 10.1. The van der Waals surface area contributed by atoms with E-state index in [1.807, 2.05) is 32.0 Å². The van der Waals surface area contributed by atoms with Gasteiger partial charge in [-0.05, 0) is 56.2 Å². The molecule has 0 aliphatic heterocycles. The lowest BCUT2D eigenvalue weighted by atomic mass is 10.2. The molecule has 0 radical (unpaired) electrons. The maximum atomic E-state index is 13.2. The molecule has 0 N–H and O–H groups in total. The Morgan fingerprint density at radius 2 is 1.76 bits per heavy atom. The summed E-state index contributed by atoms with van der Waals surface area (Å²) in [5, 5.41) is 9.45. The van der Waals surface area contributed by atoms with Crippen LogP contribution in [0.25, 0.3) is 11.4 Å². The number of nitrogens with zero attached hydrogens (tertiary/aromatic N) is 5. The first kappa shape index (κ1) is 22.9. The Kier molecular flexibility index (Phi) is 7.03. The zero-order valence-corrected chi connectivity index (χ0v) is 19.8. The van der Waals surface area contributed by atoms with E-state index in [-0.39, 0.29) is 17.4 Å². The van der Waals surface area contributed by atoms with Crippen LogP contribution in [0, 0.1) is 19.7 Å². The highest BCUT2D eigenvalue weighted by Gasteiger charge is 2.19. The summed E-state index contributed by atoms with van der Waals surface area (Å²) in [5.74, 6) is 0.858. The third-order valence-electron chi connectivity index (χ3n) is 5.56. The predicted molar refractivity (Wildman–Crippen MR) is 128 cm³/mol. The third kappa shape index (κ3) is 5.06. The maximum absolute atomic E-state index is 13.2. The van der Waals surface area contributed by atoms with Gasteiger partial charge in [0.15, 0.2) is 16.8 Å². The molecule has 0 saturated carbocycles. The smallest absolute Gasteiger partial charge is 0.191 e. The van der Waals surface area contributed by atoms with E-state index in [0.717, 1.165) is 46.5 Å². The molecule has 0 aliphatic carbocycles. The van der Waals surface area contributed by atoms with Crippen molar-refractivity contribution in [1.29, 1.82) is 0 Å². The SMILES string of the molecule is CCCn1c(SCC(=O)c2cc(C)n(Cc3ccc(F)cc3)c2C)nnc1-c1ccncc1. The number of benzene rings is 1. The van der Waals surface area contributed by atoms with E-state index in [4.69, 9.17) is 0 Å². The van der Waals surface area contributed by atoms with Gasteiger partial charge in [0.05, 0.1) is 5.75 Å². The lowest BCUT2D eigenvalue weighted by Gasteiger charge is -2.10. The summed E-state index contributed by atoms with van der Waals surface area (Å²) < 4.78 is 17.4. The van der Waals surface area contributed by atoms with Gasteiger partial charge in [0.25, 0.3) is 0 Å². The molecule has 170 valence electrons. The van der Waals surface area contributed by atoms with Gasteiger partial charge in [0, 0.05) is 48.0 Å². The molecule has 0 bridgehead atoms. The van der Waals surface area contributed by atoms with Crippen molar-refractivity contribution >= 4 is 17.5 Å². The van der Waals surface area contributed by atoms with Crippen LogP contribution in [-0.4, -0.2) is 35.9 Å². The molecule has 0 unspecified atom stereocenters. The fourth-order valence-electron chi connectivity index (χ4n) is 3.84. The Hall–Kier alpha value is -3.26. The van der Waals surface area contributed by atoms with Crippen LogP contribution >= 0.6 is 11.8 Å². The zero-order valence-electron chi connectivity index (χ0n) is 19.0. The molecule has 3 aromatic heterocycles. The van der Waals surface area contributed by atoms with Crippen LogP contribution in [-0.2, 0) is 13.1 Å². The quantitative estimate of drug-likeness (QED) is 0.248. The molecule has 0 saturated heterocycles. The number of Topliss-reactive ketones (excluding diaryl/α,β-unsaturated/α-hetero) is 1. The van der Waals surface area contributed by atoms with E-state index < -0.39 is 0 Å². The van der Waals surface area contributed by atoms with Crippen LogP contribution in [0.5, 0.6) is 0 Å². The number of thioether (sulfide) groups is 1. The summed E-state index contributed by atoms with van der Waals surface area (Å²) in [5.41, 5.74) is 4.56. The van der Waals surface area contributed by atoms with E-state index in [1.165, 1.54) is 23.9 Å². The van der Waals surface area contributed by atoms with Crippen LogP contribution in [0.3, 0.4) is 0 Å². The normalized spacial score (nSPS) is 11.2. The molecule has 0 aliphatic rings. The van der Waals surface area contributed by atoms with Crippen molar-refractivity contribution in [2.45, 2.75) is 45.4 Å². The van der Waals surface area contributed by atoms with Crippen molar-refractivity contribution in [2.75, 3.05) is 5.75 Å². The number of hydrogen-bond donors (Lipinski definition) is 0. The molecule has 0 fully saturated rings. The largest absolute Gasteiger partial charge is 0.344 e. The summed E-state index contributed by atoms with van der Waals surface area (Å²) in [7, 11) is 0. The first-order chi connectivity index (χ1) is 16.0. The minimum absolute atomic E-state index is 0.0509. The van der Waals surface area contributed by atoms with Gasteiger partial charge in [-0.3, -0.25) is 9.78 Å². The summed E-state index contributed by atoms with van der Waals surface area (Å²) >= 11 is 1.41. The standard InChI is InChI=1S/C25H26FN5OS/c1-4-13-30-24(20-9-11-27-12-10-20)28-29-25(30)33-16-23(32)22-14-17(2)31(18(22)3)15-19-5-7-21(26)8-6-19/h5-12,14H,4,13,15-16H2,1-3H3. The second-order valence-corrected chi connectivity index (χ2v) is 8.85. The summed E-state index contributed by atoms with van der Waals surface area (Å²) in [6.45, 7) is 7.41. The molecule has 3 heterocycles. The van der Waals surface area contributed by atoms with Crippen molar-refractivity contribution in [3.8, 4) is 11.4 Å². The number of halogens is 1. The number of carbonyl (C=O) groups excluding carboxylic acids is 1. The number of hydrogen-bond acceptors (Lipinski definition) is 5. The lowest BCUT2D eigenvalue weighted by molar-refractivity contribution is 0.102. The van der Waals surface area contributed by atoms with E-state index in [9.17, 15) is 9.18 Å². The number of ketones is 1. The van der Waals surface area contributed by atoms with Crippen molar-refractivity contribution in [1.82, 2.24) is 24.3 Å². The van der Waals surface area contributed by atoms with Crippen molar-refractivity contribution in [3.63, 3.8) is 0 Å². The minimum Gasteiger partial charge on any atom is -0.344 e. The Morgan fingerprint density at radius 1 is 1.03 bits per heavy atom. The molecule has 4 aromatic rings. The molecule has 6 nitrogen and oxygen atoms in total. The fourth-order valence-corrected chi connectivity index (χ4v) is 4.69. The Morgan fingerprint density at radius 3 is 2.45 bits per heavy atom. The first-order valence-electron chi connectivity index (χ1n) is 10.9. The van der Waals surface area contributed by atoms with Crippen molar-refractivity contribution in [2.24, 2.45) is 0 Å². The molecule has 33 heavy (non-hydrogen) atoms. The number of pyridine rings is 1. The van der Waals surface area contributed by atoms with Gasteiger partial charge in [-0.1, -0.05) is 30.8 Å². The van der Waals surface area contributed by atoms with E-state index in [2.05, 4.69) is 31.2 Å². The van der Waals surface area contributed by atoms with Gasteiger partial charge in [-0.2, -0.15) is 0 Å². The zero-order chi connectivity index (χ0) is 23.4. The fraction of sp³-hybridized carbons (Fsp3) is 0.280. The average Bonchev–Trinajstić information content (AvgIpc) is 3.35. The molecule has 8 heteroatoms. The summed E-state index contributed by atoms with van der Waals surface area (Å²) in [6, 6.07) is 12.2. The Balaban J connectivity index is 1.50. The lowest BCUT2D eigenvalue weighted by Crippen LogP contribution is -2.08. The molecule has 0 amide bonds. The minimum atomic E-state index is -0.254. The van der Waals surface area contributed by atoms with E-state index >= 15 is 0 Å². The summed E-state index contributed by atoms with van der Waals surface area (Å²) in [4.78, 5) is 17.2. The molecule has 0 atom stereocenters. The van der Waals surface area contributed by atoms with Crippen LogP contribution in [0.1, 0.15) is 40.7 Å².